The summed E-state index contributed by atoms with van der Waals surface area (Å²) in [6, 6.07) is 9.25. The third-order valence-corrected chi connectivity index (χ3v) is 4.47. The van der Waals surface area contributed by atoms with Crippen molar-refractivity contribution in [3.8, 4) is 6.07 Å². The molecule has 1 aromatic carbocycles. The molecular weight excluding hydrogens is 336 g/mol. The molecule has 23 heavy (non-hydrogen) atoms. The molecule has 0 unspecified atom stereocenters. The number of hydrogen-bond donors (Lipinski definition) is 1. The average molecular weight is 351 g/mol. The highest BCUT2D eigenvalue weighted by Gasteiger charge is 2.30. The summed E-state index contributed by atoms with van der Waals surface area (Å²) in [7, 11) is 0. The Hall–Kier alpha value is -1.97. The highest BCUT2D eigenvalue weighted by Crippen LogP contribution is 2.36. The van der Waals surface area contributed by atoms with Crippen molar-refractivity contribution in [2.45, 2.75) is 19.3 Å². The van der Waals surface area contributed by atoms with Gasteiger partial charge in [0.25, 0.3) is 0 Å². The van der Waals surface area contributed by atoms with E-state index < -0.39 is 0 Å². The minimum absolute atomic E-state index is 0.0386. The van der Waals surface area contributed by atoms with Gasteiger partial charge in [-0.15, -0.1) is 0 Å². The topological polar surface area (TPSA) is 79.2 Å². The minimum atomic E-state index is -0.388. The second kappa shape index (κ2) is 8.04. The lowest BCUT2D eigenvalue weighted by molar-refractivity contribution is -0.139. The number of halogens is 1. The van der Waals surface area contributed by atoms with Crippen molar-refractivity contribution in [3.05, 3.63) is 45.5 Å². The smallest absolute Gasteiger partial charge is 0.316 e. The molecule has 1 N–H and O–H groups in total. The van der Waals surface area contributed by atoms with Crippen molar-refractivity contribution in [2.75, 3.05) is 12.4 Å². The molecule has 1 amide bonds. The van der Waals surface area contributed by atoms with Crippen LogP contribution >= 0.6 is 23.4 Å². The first-order valence-corrected chi connectivity index (χ1v) is 8.39. The Balaban J connectivity index is 2.28. The van der Waals surface area contributed by atoms with Gasteiger partial charge < -0.3 is 10.1 Å². The first kappa shape index (κ1) is 17.4. The number of thioether (sulfide) groups is 1. The van der Waals surface area contributed by atoms with Gasteiger partial charge in [0.05, 0.1) is 29.0 Å². The number of amides is 1. The van der Waals surface area contributed by atoms with Crippen LogP contribution in [-0.4, -0.2) is 24.2 Å². The molecule has 0 radical (unpaired) electrons. The number of hydrogen-bond acceptors (Lipinski definition) is 5. The maximum atomic E-state index is 12.0. The largest absolute Gasteiger partial charge is 0.465 e. The highest BCUT2D eigenvalue weighted by atomic mass is 35.5. The lowest BCUT2D eigenvalue weighted by Crippen LogP contribution is -2.31. The normalized spacial score (nSPS) is 17.4. The Bertz CT molecular complexity index is 697. The number of rotatable bonds is 5. The van der Waals surface area contributed by atoms with Crippen molar-refractivity contribution in [3.63, 3.8) is 0 Å². The third-order valence-electron chi connectivity index (χ3n) is 3.25. The predicted octanol–water partition coefficient (Wildman–Crippen LogP) is 2.97. The van der Waals surface area contributed by atoms with E-state index in [-0.39, 0.29) is 30.0 Å². The summed E-state index contributed by atoms with van der Waals surface area (Å²) in [6.45, 7) is 2.02. The number of nitrogens with one attached hydrogen (secondary N) is 1. The summed E-state index contributed by atoms with van der Waals surface area (Å²) >= 11 is 7.10. The maximum Gasteiger partial charge on any atom is 0.316 e. The summed E-state index contributed by atoms with van der Waals surface area (Å²) in [6.07, 6.45) is 0.173. The van der Waals surface area contributed by atoms with Gasteiger partial charge in [-0.1, -0.05) is 35.5 Å². The Morgan fingerprint density at radius 1 is 1.57 bits per heavy atom. The van der Waals surface area contributed by atoms with Crippen LogP contribution in [0.15, 0.2) is 34.9 Å². The van der Waals surface area contributed by atoms with Gasteiger partial charge in [-0.2, -0.15) is 5.26 Å². The minimum Gasteiger partial charge on any atom is -0.465 e. The van der Waals surface area contributed by atoms with E-state index in [1.54, 1.807) is 25.1 Å². The van der Waals surface area contributed by atoms with E-state index in [0.29, 0.717) is 22.2 Å². The number of esters is 1. The second-order valence-electron chi connectivity index (χ2n) is 4.81. The molecule has 0 saturated carbocycles. The number of nitrogens with zero attached hydrogens (tertiary/aromatic N) is 1. The van der Waals surface area contributed by atoms with E-state index >= 15 is 0 Å². The Morgan fingerprint density at radius 3 is 3.00 bits per heavy atom. The zero-order chi connectivity index (χ0) is 16.8. The van der Waals surface area contributed by atoms with Gasteiger partial charge in [-0.25, -0.2) is 0 Å². The van der Waals surface area contributed by atoms with Crippen LogP contribution in [0.25, 0.3) is 0 Å². The van der Waals surface area contributed by atoms with Crippen LogP contribution in [0.4, 0.5) is 0 Å². The standard InChI is InChI=1S/C16H15ClN2O3S/c1-2-22-15(21)9-23-16-13(8-18)12(7-14(20)19-16)10-4-3-5-11(17)6-10/h3-6,12H,2,7,9H2,1H3,(H,19,20)/t12-/m1/s1. The molecule has 7 heteroatoms. The van der Waals surface area contributed by atoms with Crippen LogP contribution in [0.1, 0.15) is 24.8 Å². The molecule has 0 saturated heterocycles. The van der Waals surface area contributed by atoms with Crippen molar-refractivity contribution in [1.82, 2.24) is 5.32 Å². The number of carbonyl (C=O) groups excluding carboxylic acids is 2. The lowest BCUT2D eigenvalue weighted by atomic mass is 9.87. The molecule has 1 atom stereocenters. The molecule has 2 rings (SSSR count). The molecule has 0 aliphatic carbocycles. The first-order chi connectivity index (χ1) is 11.0. The summed E-state index contributed by atoms with van der Waals surface area (Å²) in [5.41, 5.74) is 1.24. The number of nitriles is 1. The molecule has 120 valence electrons. The van der Waals surface area contributed by atoms with E-state index in [0.717, 1.165) is 17.3 Å². The third kappa shape index (κ3) is 4.50. The van der Waals surface area contributed by atoms with E-state index in [1.165, 1.54) is 0 Å². The van der Waals surface area contributed by atoms with Crippen LogP contribution < -0.4 is 5.32 Å². The van der Waals surface area contributed by atoms with Crippen LogP contribution in [0.5, 0.6) is 0 Å². The summed E-state index contributed by atoms with van der Waals surface area (Å²) in [5, 5.41) is 13.1. The average Bonchev–Trinajstić information content (AvgIpc) is 2.52. The van der Waals surface area contributed by atoms with Gasteiger partial charge in [-0.05, 0) is 24.6 Å². The van der Waals surface area contributed by atoms with Crippen LogP contribution in [0.2, 0.25) is 5.02 Å². The maximum absolute atomic E-state index is 12.0. The molecule has 0 fully saturated rings. The van der Waals surface area contributed by atoms with E-state index in [1.807, 2.05) is 6.07 Å². The van der Waals surface area contributed by atoms with Gasteiger partial charge in [0.15, 0.2) is 0 Å². The molecule has 5 nitrogen and oxygen atoms in total. The Morgan fingerprint density at radius 2 is 2.35 bits per heavy atom. The fourth-order valence-electron chi connectivity index (χ4n) is 2.27. The predicted molar refractivity (Wildman–Crippen MR) is 88.7 cm³/mol. The molecule has 1 aliphatic rings. The monoisotopic (exact) mass is 350 g/mol. The van der Waals surface area contributed by atoms with E-state index in [9.17, 15) is 14.9 Å². The van der Waals surface area contributed by atoms with Crippen molar-refractivity contribution in [2.24, 2.45) is 0 Å². The quantitative estimate of drug-likeness (QED) is 0.826. The van der Waals surface area contributed by atoms with E-state index in [2.05, 4.69) is 11.4 Å². The van der Waals surface area contributed by atoms with Crippen LogP contribution in [0, 0.1) is 11.3 Å². The van der Waals surface area contributed by atoms with Crippen LogP contribution in [0.3, 0.4) is 0 Å². The summed E-state index contributed by atoms with van der Waals surface area (Å²) in [5.74, 6) is -0.907. The molecular formula is C16H15ClN2O3S. The van der Waals surface area contributed by atoms with Gasteiger partial charge in [0.1, 0.15) is 0 Å². The SMILES string of the molecule is CCOC(=O)CSC1=C(C#N)[C@@H](c2cccc(Cl)c2)CC(=O)N1. The Labute approximate surface area is 143 Å². The molecule has 0 spiro atoms. The van der Waals surface area contributed by atoms with E-state index in [4.69, 9.17) is 16.3 Å². The highest BCUT2D eigenvalue weighted by molar-refractivity contribution is 8.03. The van der Waals surface area contributed by atoms with Crippen molar-refractivity contribution in [1.29, 1.82) is 5.26 Å². The molecule has 1 heterocycles. The lowest BCUT2D eigenvalue weighted by Gasteiger charge is -2.25. The summed E-state index contributed by atoms with van der Waals surface area (Å²) < 4.78 is 4.86. The second-order valence-corrected chi connectivity index (χ2v) is 6.23. The number of benzene rings is 1. The number of carbonyl (C=O) groups is 2. The van der Waals surface area contributed by atoms with Crippen LogP contribution in [-0.2, 0) is 14.3 Å². The number of ether oxygens (including phenoxy) is 1. The fraction of sp³-hybridized carbons (Fsp3) is 0.312. The molecule has 1 aliphatic heterocycles. The van der Waals surface area contributed by atoms with Gasteiger partial charge >= 0.3 is 5.97 Å². The zero-order valence-corrected chi connectivity index (χ0v) is 14.0. The van der Waals surface area contributed by atoms with Crippen molar-refractivity contribution >= 4 is 35.2 Å². The van der Waals surface area contributed by atoms with Gasteiger partial charge in [0.2, 0.25) is 5.91 Å². The van der Waals surface area contributed by atoms with Crippen molar-refractivity contribution < 1.29 is 14.3 Å². The molecule has 0 bridgehead atoms. The zero-order valence-electron chi connectivity index (χ0n) is 12.5. The molecule has 0 aromatic heterocycles. The molecule has 1 aromatic rings. The van der Waals surface area contributed by atoms with Gasteiger partial charge in [-0.3, -0.25) is 9.59 Å². The number of allylic oxidation sites excluding steroid dienone is 1. The first-order valence-electron chi connectivity index (χ1n) is 7.03. The fourth-order valence-corrected chi connectivity index (χ4v) is 3.35. The Kier molecular flexibility index (Phi) is 6.08. The van der Waals surface area contributed by atoms with Gasteiger partial charge in [0, 0.05) is 17.4 Å². The summed E-state index contributed by atoms with van der Waals surface area (Å²) in [4.78, 5) is 23.4.